The minimum Gasteiger partial charge on any atom is -0.350 e. The van der Waals surface area contributed by atoms with E-state index >= 15 is 0 Å². The van der Waals surface area contributed by atoms with E-state index in [1.54, 1.807) is 0 Å². The SMILES string of the molecule is CCC(NC)c1ccn(CC(=O)NCc2ccccc2)c1. The third-order valence-corrected chi connectivity index (χ3v) is 3.59. The number of hydrogen-bond donors (Lipinski definition) is 2. The van der Waals surface area contributed by atoms with Crippen molar-refractivity contribution < 1.29 is 4.79 Å². The van der Waals surface area contributed by atoms with Crippen molar-refractivity contribution in [1.82, 2.24) is 15.2 Å². The molecule has 2 N–H and O–H groups in total. The number of carbonyl (C=O) groups excluding carboxylic acids is 1. The summed E-state index contributed by atoms with van der Waals surface area (Å²) in [4.78, 5) is 12.0. The van der Waals surface area contributed by atoms with E-state index in [4.69, 9.17) is 0 Å². The maximum atomic E-state index is 12.0. The van der Waals surface area contributed by atoms with Crippen LogP contribution in [0.25, 0.3) is 0 Å². The topological polar surface area (TPSA) is 46.1 Å². The van der Waals surface area contributed by atoms with Gasteiger partial charge in [0.2, 0.25) is 5.91 Å². The molecule has 0 aliphatic carbocycles. The molecule has 1 aromatic heterocycles. The summed E-state index contributed by atoms with van der Waals surface area (Å²) in [5.74, 6) is 0.0264. The van der Waals surface area contributed by atoms with Gasteiger partial charge < -0.3 is 15.2 Å². The first kappa shape index (κ1) is 15.3. The van der Waals surface area contributed by atoms with Crippen molar-refractivity contribution >= 4 is 5.91 Å². The average Bonchev–Trinajstić information content (AvgIpc) is 2.96. The van der Waals surface area contributed by atoms with Crippen LogP contribution in [0.15, 0.2) is 48.8 Å². The molecule has 4 heteroatoms. The van der Waals surface area contributed by atoms with Gasteiger partial charge >= 0.3 is 0 Å². The normalized spacial score (nSPS) is 12.1. The Morgan fingerprint density at radius 3 is 2.67 bits per heavy atom. The number of aromatic nitrogens is 1. The van der Waals surface area contributed by atoms with Crippen molar-refractivity contribution in [3.05, 3.63) is 59.9 Å². The van der Waals surface area contributed by atoms with Crippen molar-refractivity contribution in [3.63, 3.8) is 0 Å². The molecular formula is C17H23N3O. The van der Waals surface area contributed by atoms with Gasteiger partial charge in [-0.15, -0.1) is 0 Å². The van der Waals surface area contributed by atoms with Crippen molar-refractivity contribution in [3.8, 4) is 0 Å². The third kappa shape index (κ3) is 4.46. The predicted molar refractivity (Wildman–Crippen MR) is 84.8 cm³/mol. The van der Waals surface area contributed by atoms with E-state index in [1.807, 2.05) is 54.3 Å². The average molecular weight is 285 g/mol. The molecule has 1 atom stereocenters. The molecule has 112 valence electrons. The maximum absolute atomic E-state index is 12.0. The highest BCUT2D eigenvalue weighted by atomic mass is 16.1. The van der Waals surface area contributed by atoms with Gasteiger partial charge in [-0.2, -0.15) is 0 Å². The maximum Gasteiger partial charge on any atom is 0.240 e. The quantitative estimate of drug-likeness (QED) is 0.821. The zero-order valence-electron chi connectivity index (χ0n) is 12.7. The van der Waals surface area contributed by atoms with Crippen LogP contribution in [0, 0.1) is 0 Å². The molecule has 2 aromatic rings. The summed E-state index contributed by atoms with van der Waals surface area (Å²) in [5, 5.41) is 6.21. The lowest BCUT2D eigenvalue weighted by Crippen LogP contribution is -2.26. The molecule has 0 saturated heterocycles. The number of carbonyl (C=O) groups is 1. The zero-order chi connectivity index (χ0) is 15.1. The molecule has 1 heterocycles. The minimum atomic E-state index is 0.0264. The van der Waals surface area contributed by atoms with Crippen molar-refractivity contribution in [1.29, 1.82) is 0 Å². The summed E-state index contributed by atoms with van der Waals surface area (Å²) in [5.41, 5.74) is 2.33. The first-order valence-electron chi connectivity index (χ1n) is 7.36. The van der Waals surface area contributed by atoms with Gasteiger partial charge in [0.1, 0.15) is 6.54 Å². The Labute approximate surface area is 126 Å². The Hall–Kier alpha value is -2.07. The Balaban J connectivity index is 1.85. The van der Waals surface area contributed by atoms with Crippen LogP contribution in [0.3, 0.4) is 0 Å². The van der Waals surface area contributed by atoms with E-state index in [-0.39, 0.29) is 5.91 Å². The highest BCUT2D eigenvalue weighted by Gasteiger charge is 2.09. The molecule has 0 aliphatic rings. The zero-order valence-corrected chi connectivity index (χ0v) is 12.7. The standard InChI is InChI=1S/C17H23N3O/c1-3-16(18-2)15-9-10-20(12-15)13-17(21)19-11-14-7-5-4-6-8-14/h4-10,12,16,18H,3,11,13H2,1-2H3,(H,19,21). The molecule has 0 saturated carbocycles. The predicted octanol–water partition coefficient (Wildman–Crippen LogP) is 2.48. The summed E-state index contributed by atoms with van der Waals surface area (Å²) >= 11 is 0. The highest BCUT2D eigenvalue weighted by molar-refractivity contribution is 5.75. The molecule has 0 aliphatic heterocycles. The molecular weight excluding hydrogens is 262 g/mol. The first-order valence-corrected chi connectivity index (χ1v) is 7.36. The van der Waals surface area contributed by atoms with Crippen LogP contribution in [0.5, 0.6) is 0 Å². The fourth-order valence-corrected chi connectivity index (χ4v) is 2.39. The van der Waals surface area contributed by atoms with Gasteiger partial charge in [0.05, 0.1) is 0 Å². The molecule has 0 fully saturated rings. The van der Waals surface area contributed by atoms with Crippen LogP contribution < -0.4 is 10.6 Å². The van der Waals surface area contributed by atoms with Gasteiger partial charge in [-0.1, -0.05) is 37.3 Å². The van der Waals surface area contributed by atoms with Gasteiger partial charge in [0, 0.05) is 25.0 Å². The Morgan fingerprint density at radius 2 is 2.00 bits per heavy atom. The summed E-state index contributed by atoms with van der Waals surface area (Å²) in [6, 6.07) is 12.3. The smallest absolute Gasteiger partial charge is 0.240 e. The van der Waals surface area contributed by atoms with E-state index in [0.717, 1.165) is 12.0 Å². The lowest BCUT2D eigenvalue weighted by molar-refractivity contribution is -0.121. The van der Waals surface area contributed by atoms with Crippen LogP contribution in [0.1, 0.15) is 30.5 Å². The van der Waals surface area contributed by atoms with Crippen LogP contribution in [-0.2, 0) is 17.9 Å². The van der Waals surface area contributed by atoms with E-state index in [9.17, 15) is 4.79 Å². The molecule has 1 amide bonds. The molecule has 1 unspecified atom stereocenters. The van der Waals surface area contributed by atoms with Crippen LogP contribution >= 0.6 is 0 Å². The van der Waals surface area contributed by atoms with Gasteiger partial charge in [-0.3, -0.25) is 4.79 Å². The lowest BCUT2D eigenvalue weighted by atomic mass is 10.1. The summed E-state index contributed by atoms with van der Waals surface area (Å²) in [6.45, 7) is 3.07. The number of nitrogens with one attached hydrogen (secondary N) is 2. The van der Waals surface area contributed by atoms with E-state index in [1.165, 1.54) is 5.56 Å². The molecule has 0 radical (unpaired) electrons. The fourth-order valence-electron chi connectivity index (χ4n) is 2.39. The number of benzene rings is 1. The second kappa shape index (κ2) is 7.64. The van der Waals surface area contributed by atoms with Crippen molar-refractivity contribution in [2.75, 3.05) is 7.05 Å². The van der Waals surface area contributed by atoms with Crippen LogP contribution in [0.2, 0.25) is 0 Å². The van der Waals surface area contributed by atoms with Crippen LogP contribution in [0.4, 0.5) is 0 Å². The lowest BCUT2D eigenvalue weighted by Gasteiger charge is -2.11. The number of rotatable bonds is 7. The van der Waals surface area contributed by atoms with E-state index < -0.39 is 0 Å². The van der Waals surface area contributed by atoms with Gasteiger partial charge in [0.15, 0.2) is 0 Å². The Bertz CT molecular complexity index is 558. The minimum absolute atomic E-state index is 0.0264. The largest absolute Gasteiger partial charge is 0.350 e. The molecule has 21 heavy (non-hydrogen) atoms. The van der Waals surface area contributed by atoms with E-state index in [0.29, 0.717) is 19.1 Å². The molecule has 4 nitrogen and oxygen atoms in total. The Kier molecular flexibility index (Phi) is 5.58. The second-order valence-corrected chi connectivity index (χ2v) is 5.13. The highest BCUT2D eigenvalue weighted by Crippen LogP contribution is 2.16. The first-order chi connectivity index (χ1) is 10.2. The fraction of sp³-hybridized carbons (Fsp3) is 0.353. The van der Waals surface area contributed by atoms with E-state index in [2.05, 4.69) is 23.6 Å². The molecule has 2 rings (SSSR count). The Morgan fingerprint density at radius 1 is 1.24 bits per heavy atom. The summed E-state index contributed by atoms with van der Waals surface area (Å²) in [6.07, 6.45) is 5.02. The summed E-state index contributed by atoms with van der Waals surface area (Å²) in [7, 11) is 1.96. The van der Waals surface area contributed by atoms with Crippen LogP contribution in [-0.4, -0.2) is 17.5 Å². The monoisotopic (exact) mass is 285 g/mol. The number of nitrogens with zero attached hydrogens (tertiary/aromatic N) is 1. The molecule has 0 bridgehead atoms. The molecule has 1 aromatic carbocycles. The van der Waals surface area contributed by atoms with Gasteiger partial charge in [-0.25, -0.2) is 0 Å². The number of hydrogen-bond acceptors (Lipinski definition) is 2. The summed E-state index contributed by atoms with van der Waals surface area (Å²) < 4.78 is 1.93. The van der Waals surface area contributed by atoms with Gasteiger partial charge in [-0.05, 0) is 30.7 Å². The van der Waals surface area contributed by atoms with Crippen molar-refractivity contribution in [2.24, 2.45) is 0 Å². The second-order valence-electron chi connectivity index (χ2n) is 5.13. The molecule has 0 spiro atoms. The van der Waals surface area contributed by atoms with Gasteiger partial charge in [0.25, 0.3) is 0 Å². The van der Waals surface area contributed by atoms with Crippen molar-refractivity contribution in [2.45, 2.75) is 32.5 Å². The third-order valence-electron chi connectivity index (χ3n) is 3.59. The number of amides is 1.